The van der Waals surface area contributed by atoms with Crippen molar-refractivity contribution in [3.05, 3.63) is 11.1 Å². The number of hydrogen-bond acceptors (Lipinski definition) is 12. The fourth-order valence-electron chi connectivity index (χ4n) is 4.55. The Bertz CT molecular complexity index is 1070. The molecule has 3 heterocycles. The molecule has 2 saturated heterocycles. The molecule has 0 spiro atoms. The van der Waals surface area contributed by atoms with Gasteiger partial charge in [0.25, 0.3) is 5.91 Å². The molecule has 3 aliphatic rings. The number of rotatable bonds is 7. The Morgan fingerprint density at radius 2 is 1.89 bits per heavy atom. The van der Waals surface area contributed by atoms with Crippen LogP contribution >= 0.6 is 23.1 Å². The first-order valence-corrected chi connectivity index (χ1v) is 12.9. The van der Waals surface area contributed by atoms with Crippen LogP contribution in [0, 0.1) is 0 Å². The molecule has 4 rings (SSSR count). The van der Waals surface area contributed by atoms with Gasteiger partial charge in [-0.15, -0.1) is 23.1 Å². The summed E-state index contributed by atoms with van der Waals surface area (Å²) in [4.78, 5) is 59.6. The van der Waals surface area contributed by atoms with Crippen LogP contribution in [-0.2, 0) is 28.8 Å². The molecule has 2 aliphatic heterocycles. The van der Waals surface area contributed by atoms with Crippen LogP contribution in [-0.4, -0.2) is 73.8 Å². The van der Waals surface area contributed by atoms with E-state index in [1.165, 1.54) is 23.6 Å². The van der Waals surface area contributed by atoms with Gasteiger partial charge in [0.1, 0.15) is 29.3 Å². The number of nitrogens with one attached hydrogen (secondary N) is 1. The molecule has 2 amide bonds. The maximum absolute atomic E-state index is 13.1. The number of amides is 2. The standard InChI is InChI=1S/C21H27N5O7S2.Na/c1-9(27)32-10-4-6-11(7-5-10)33-25-13(12-8-34-20(22)23-12)16(28)24-14-17(29)26-15(19(30)31)21(2,3)35-18(14)26;/h8,10-11,14-15,18H,4-7H2,1-3H3,(H2,22,23)(H,24,28)(H,30,31);/q;+1/p-1/b25-13-;/t10-,11-,14-,15+,18-;/m1./s1. The molecular formula is C21H26N5NaO7S2. The number of carboxylic acids is 1. The van der Waals surface area contributed by atoms with Crippen LogP contribution < -0.4 is 45.7 Å². The molecule has 15 heteroatoms. The van der Waals surface area contributed by atoms with Crippen molar-refractivity contribution in [2.24, 2.45) is 5.16 Å². The van der Waals surface area contributed by atoms with E-state index in [0.29, 0.717) is 25.7 Å². The van der Waals surface area contributed by atoms with E-state index in [1.54, 1.807) is 19.2 Å². The number of aromatic nitrogens is 1. The Labute approximate surface area is 238 Å². The van der Waals surface area contributed by atoms with Crippen LogP contribution in [0.1, 0.15) is 52.1 Å². The number of fused-ring (bicyclic) bond motifs is 1. The molecule has 3 atom stereocenters. The summed E-state index contributed by atoms with van der Waals surface area (Å²) < 4.78 is 4.45. The van der Waals surface area contributed by atoms with Gasteiger partial charge >= 0.3 is 35.5 Å². The van der Waals surface area contributed by atoms with Crippen molar-refractivity contribution in [3.8, 4) is 0 Å². The number of thiazole rings is 1. The summed E-state index contributed by atoms with van der Waals surface area (Å²) in [5.74, 6) is -2.85. The molecule has 0 bridgehead atoms. The van der Waals surface area contributed by atoms with Crippen LogP contribution in [0.25, 0.3) is 0 Å². The Balaban J connectivity index is 0.00000361. The van der Waals surface area contributed by atoms with Gasteiger partial charge in [0.15, 0.2) is 10.8 Å². The molecule has 3 fully saturated rings. The van der Waals surface area contributed by atoms with Crippen LogP contribution in [0.2, 0.25) is 0 Å². The third kappa shape index (κ3) is 5.82. The summed E-state index contributed by atoms with van der Waals surface area (Å²) in [7, 11) is 0. The van der Waals surface area contributed by atoms with Crippen LogP contribution in [0.4, 0.5) is 5.13 Å². The van der Waals surface area contributed by atoms with E-state index in [0.717, 1.165) is 11.3 Å². The fourth-order valence-corrected chi connectivity index (χ4v) is 6.72. The summed E-state index contributed by atoms with van der Waals surface area (Å²) in [6, 6.07) is -2.01. The first-order valence-electron chi connectivity index (χ1n) is 11.1. The summed E-state index contributed by atoms with van der Waals surface area (Å²) in [5.41, 5.74) is 5.80. The molecular weight excluding hydrogens is 521 g/mol. The number of oxime groups is 1. The van der Waals surface area contributed by atoms with E-state index >= 15 is 0 Å². The van der Waals surface area contributed by atoms with E-state index in [9.17, 15) is 24.3 Å². The molecule has 1 aromatic rings. The van der Waals surface area contributed by atoms with E-state index in [4.69, 9.17) is 15.3 Å². The zero-order valence-electron chi connectivity index (χ0n) is 20.4. The van der Waals surface area contributed by atoms with E-state index in [2.05, 4.69) is 15.5 Å². The van der Waals surface area contributed by atoms with Gasteiger partial charge in [-0.25, -0.2) is 4.98 Å². The largest absolute Gasteiger partial charge is 1.00 e. The molecule has 1 saturated carbocycles. The average Bonchev–Trinajstić information content (AvgIpc) is 3.31. The molecule has 0 radical (unpaired) electrons. The minimum absolute atomic E-state index is 0. The second kappa shape index (κ2) is 11.3. The zero-order valence-corrected chi connectivity index (χ0v) is 24.0. The molecule has 3 N–H and O–H groups in total. The van der Waals surface area contributed by atoms with Gasteiger partial charge in [-0.2, -0.15) is 0 Å². The number of esters is 1. The molecule has 0 aromatic carbocycles. The third-order valence-corrected chi connectivity index (χ3v) is 8.42. The molecule has 0 unspecified atom stereocenters. The van der Waals surface area contributed by atoms with Crippen molar-refractivity contribution < 1.29 is 63.4 Å². The Morgan fingerprint density at radius 3 is 2.44 bits per heavy atom. The van der Waals surface area contributed by atoms with Crippen molar-refractivity contribution in [2.75, 3.05) is 5.73 Å². The SMILES string of the molecule is CC(=O)O[C@H]1CC[C@H](O/N=C(\C(=O)N[C@@H]2C(=O)N3[C@@H]2SC(C)(C)[C@@H]3C(=O)[O-])c2csc(N)n2)CC1.[Na+]. The molecule has 1 aromatic heterocycles. The normalized spacial score (nSPS) is 28.9. The number of thioether (sulfide) groups is 1. The monoisotopic (exact) mass is 547 g/mol. The van der Waals surface area contributed by atoms with Gasteiger partial charge in [-0.3, -0.25) is 14.4 Å². The minimum Gasteiger partial charge on any atom is -0.548 e. The smallest absolute Gasteiger partial charge is 0.548 e. The quantitative estimate of drug-likeness (QED) is 0.115. The first kappa shape index (κ1) is 28.7. The van der Waals surface area contributed by atoms with Crippen LogP contribution in [0.3, 0.4) is 0 Å². The van der Waals surface area contributed by atoms with E-state index in [-0.39, 0.29) is 64.3 Å². The first-order chi connectivity index (χ1) is 16.5. The van der Waals surface area contributed by atoms with Gasteiger partial charge in [-0.1, -0.05) is 5.16 Å². The van der Waals surface area contributed by atoms with Gasteiger partial charge < -0.3 is 35.4 Å². The number of carbonyl (C=O) groups is 4. The second-order valence-electron chi connectivity index (χ2n) is 9.15. The number of carbonyl (C=O) groups excluding carboxylic acids is 4. The predicted octanol–water partition coefficient (Wildman–Crippen LogP) is -3.38. The van der Waals surface area contributed by atoms with Gasteiger partial charge in [0.2, 0.25) is 5.91 Å². The molecule has 190 valence electrons. The third-order valence-electron chi connectivity index (χ3n) is 6.18. The Hall–Kier alpha value is -1.87. The van der Waals surface area contributed by atoms with Crippen molar-refractivity contribution in [2.45, 2.75) is 80.9 Å². The summed E-state index contributed by atoms with van der Waals surface area (Å²) in [6.07, 6.45) is 1.96. The van der Waals surface area contributed by atoms with Gasteiger partial charge in [0, 0.05) is 17.1 Å². The van der Waals surface area contributed by atoms with Crippen molar-refractivity contribution in [1.29, 1.82) is 0 Å². The molecule has 36 heavy (non-hydrogen) atoms. The molecule has 12 nitrogen and oxygen atoms in total. The van der Waals surface area contributed by atoms with Crippen molar-refractivity contribution in [1.82, 2.24) is 15.2 Å². The number of anilines is 1. The van der Waals surface area contributed by atoms with Gasteiger partial charge in [0.05, 0.1) is 12.0 Å². The number of nitrogens with zero attached hydrogens (tertiary/aromatic N) is 3. The number of β-lactam (4-membered cyclic amide) rings is 1. The summed E-state index contributed by atoms with van der Waals surface area (Å²) >= 11 is 2.41. The number of hydrogen-bond donors (Lipinski definition) is 2. The zero-order chi connectivity index (χ0) is 25.5. The Morgan fingerprint density at radius 1 is 1.25 bits per heavy atom. The van der Waals surface area contributed by atoms with E-state index in [1.807, 2.05) is 0 Å². The van der Waals surface area contributed by atoms with Crippen LogP contribution in [0.15, 0.2) is 10.5 Å². The van der Waals surface area contributed by atoms with Crippen LogP contribution in [0.5, 0.6) is 0 Å². The average molecular weight is 548 g/mol. The number of aliphatic carboxylic acids is 1. The number of carboxylic acid groups (broad SMARTS) is 1. The summed E-state index contributed by atoms with van der Waals surface area (Å²) in [5, 5.41) is 19.6. The summed E-state index contributed by atoms with van der Waals surface area (Å²) in [6.45, 7) is 4.81. The minimum atomic E-state index is -1.33. The number of nitrogen functional groups attached to an aromatic ring is 1. The van der Waals surface area contributed by atoms with Crippen molar-refractivity contribution >= 4 is 57.7 Å². The second-order valence-corrected chi connectivity index (χ2v) is 11.8. The number of ether oxygens (including phenoxy) is 1. The topological polar surface area (TPSA) is 176 Å². The van der Waals surface area contributed by atoms with Gasteiger partial charge in [-0.05, 0) is 39.5 Å². The number of nitrogens with two attached hydrogens (primary N) is 1. The Kier molecular flexibility index (Phi) is 8.97. The predicted molar refractivity (Wildman–Crippen MR) is 125 cm³/mol. The maximum atomic E-state index is 13.1. The fraction of sp³-hybridized carbons (Fsp3) is 0.619. The van der Waals surface area contributed by atoms with E-state index < -0.39 is 40.0 Å². The molecule has 1 aliphatic carbocycles. The van der Waals surface area contributed by atoms with Crippen molar-refractivity contribution in [3.63, 3.8) is 0 Å². The maximum Gasteiger partial charge on any atom is 1.00 e.